The fourth-order valence-corrected chi connectivity index (χ4v) is 6.53. The third kappa shape index (κ3) is 12.1. The maximum atomic E-state index is 2.54. The van der Waals surface area contributed by atoms with Crippen molar-refractivity contribution in [1.29, 1.82) is 0 Å². The van der Waals surface area contributed by atoms with Gasteiger partial charge in [-0.15, -0.1) is 0 Å². The molecule has 2 nitrogen and oxygen atoms in total. The van der Waals surface area contributed by atoms with E-state index < -0.39 is 0 Å². The summed E-state index contributed by atoms with van der Waals surface area (Å²) in [5, 5.41) is 0. The standard InChI is InChI=1S/C34H64N.H2O/c1-7-11-12-13-14-15-16-17-18-19-20-21-22-25-31-35(5,6)34(29-9-3,30-10-4)33-28-24-23-27-32(33)26-8-2;/h23-24,27-28H,7-22,25-26,29-31H2,1-6H3;1H2/q+1;/p-1. The highest BCUT2D eigenvalue weighted by Crippen LogP contribution is 2.43. The van der Waals surface area contributed by atoms with Gasteiger partial charge in [0.2, 0.25) is 0 Å². The van der Waals surface area contributed by atoms with Crippen LogP contribution in [0.1, 0.15) is 161 Å². The van der Waals surface area contributed by atoms with Crippen molar-refractivity contribution in [2.75, 3.05) is 20.6 Å². The van der Waals surface area contributed by atoms with E-state index in [0.717, 1.165) is 4.48 Å². The van der Waals surface area contributed by atoms with Crippen LogP contribution in [0.2, 0.25) is 0 Å². The van der Waals surface area contributed by atoms with E-state index in [4.69, 9.17) is 0 Å². The Labute approximate surface area is 227 Å². The number of quaternary nitrogens is 1. The van der Waals surface area contributed by atoms with Crippen molar-refractivity contribution in [2.24, 2.45) is 0 Å². The molecule has 0 saturated heterocycles. The van der Waals surface area contributed by atoms with Crippen LogP contribution in [-0.2, 0) is 12.0 Å². The van der Waals surface area contributed by atoms with Gasteiger partial charge in [-0.05, 0) is 37.7 Å². The minimum atomic E-state index is 0. The molecule has 0 spiro atoms. The van der Waals surface area contributed by atoms with Gasteiger partial charge in [-0.1, -0.05) is 135 Å². The van der Waals surface area contributed by atoms with E-state index in [0.29, 0.717) is 0 Å². The van der Waals surface area contributed by atoms with Gasteiger partial charge in [0, 0.05) is 18.4 Å². The Hall–Kier alpha value is -0.860. The van der Waals surface area contributed by atoms with Gasteiger partial charge in [0.05, 0.1) is 20.6 Å². The van der Waals surface area contributed by atoms with Gasteiger partial charge in [-0.3, -0.25) is 0 Å². The van der Waals surface area contributed by atoms with Gasteiger partial charge in [0.15, 0.2) is 0 Å². The van der Waals surface area contributed by atoms with Gasteiger partial charge < -0.3 is 9.96 Å². The predicted octanol–water partition coefficient (Wildman–Crippen LogP) is 10.8. The second-order valence-electron chi connectivity index (χ2n) is 11.9. The third-order valence-corrected chi connectivity index (χ3v) is 8.59. The lowest BCUT2D eigenvalue weighted by atomic mass is 9.75. The monoisotopic (exact) mass is 504 g/mol. The molecule has 0 aliphatic rings. The van der Waals surface area contributed by atoms with Gasteiger partial charge in [0.1, 0.15) is 5.54 Å². The predicted molar refractivity (Wildman–Crippen MR) is 161 cm³/mol. The van der Waals surface area contributed by atoms with Crippen molar-refractivity contribution in [1.82, 2.24) is 0 Å². The van der Waals surface area contributed by atoms with Crippen molar-refractivity contribution < 1.29 is 9.96 Å². The zero-order chi connectivity index (χ0) is 25.8. The Morgan fingerprint density at radius 2 is 1.00 bits per heavy atom. The van der Waals surface area contributed by atoms with E-state index in [9.17, 15) is 0 Å². The number of rotatable bonds is 23. The van der Waals surface area contributed by atoms with Crippen molar-refractivity contribution in [2.45, 2.75) is 162 Å². The van der Waals surface area contributed by atoms with E-state index in [1.165, 1.54) is 135 Å². The summed E-state index contributed by atoms with van der Waals surface area (Å²) >= 11 is 0. The van der Waals surface area contributed by atoms with E-state index in [2.05, 4.69) is 66.1 Å². The number of benzene rings is 1. The molecule has 0 aliphatic carbocycles. The van der Waals surface area contributed by atoms with Gasteiger partial charge in [0.25, 0.3) is 0 Å². The summed E-state index contributed by atoms with van der Waals surface area (Å²) in [6.45, 7) is 10.7. The second-order valence-corrected chi connectivity index (χ2v) is 11.9. The highest BCUT2D eigenvalue weighted by molar-refractivity contribution is 5.33. The minimum Gasteiger partial charge on any atom is -0.870 e. The molecular formula is C34H65NO. The highest BCUT2D eigenvalue weighted by Gasteiger charge is 2.46. The molecule has 1 rings (SSSR count). The lowest BCUT2D eigenvalue weighted by Crippen LogP contribution is -2.58. The quantitative estimate of drug-likeness (QED) is 0.108. The molecule has 0 bridgehead atoms. The number of nitrogens with zero attached hydrogens (tertiary/aromatic N) is 1. The highest BCUT2D eigenvalue weighted by atomic mass is 16.0. The average Bonchev–Trinajstić information content (AvgIpc) is 2.84. The molecule has 0 radical (unpaired) electrons. The smallest absolute Gasteiger partial charge is 0.125 e. The van der Waals surface area contributed by atoms with Gasteiger partial charge >= 0.3 is 0 Å². The molecule has 212 valence electrons. The Morgan fingerprint density at radius 1 is 0.556 bits per heavy atom. The maximum absolute atomic E-state index is 2.54. The Balaban J connectivity index is 0.0000122. The van der Waals surface area contributed by atoms with E-state index in [-0.39, 0.29) is 11.0 Å². The van der Waals surface area contributed by atoms with Gasteiger partial charge in [-0.2, -0.15) is 0 Å². The molecule has 0 aliphatic heterocycles. The number of unbranched alkanes of at least 4 members (excludes halogenated alkanes) is 13. The average molecular weight is 504 g/mol. The summed E-state index contributed by atoms with van der Waals surface area (Å²) in [5.41, 5.74) is 3.51. The molecule has 0 unspecified atom stereocenters. The summed E-state index contributed by atoms with van der Waals surface area (Å²) in [6, 6.07) is 9.43. The first-order chi connectivity index (χ1) is 17.0. The molecule has 1 N–H and O–H groups in total. The first-order valence-electron chi connectivity index (χ1n) is 15.9. The molecule has 0 atom stereocenters. The van der Waals surface area contributed by atoms with E-state index >= 15 is 0 Å². The maximum Gasteiger partial charge on any atom is 0.125 e. The summed E-state index contributed by atoms with van der Waals surface area (Å²) in [5.74, 6) is 0. The van der Waals surface area contributed by atoms with Crippen LogP contribution >= 0.6 is 0 Å². The lowest BCUT2D eigenvalue weighted by Gasteiger charge is -2.50. The van der Waals surface area contributed by atoms with E-state index in [1.807, 2.05) is 0 Å². The summed E-state index contributed by atoms with van der Waals surface area (Å²) in [6.07, 6.45) is 27.7. The minimum absolute atomic E-state index is 0. The molecule has 36 heavy (non-hydrogen) atoms. The number of hydrogen-bond acceptors (Lipinski definition) is 1. The molecular weight excluding hydrogens is 438 g/mol. The van der Waals surface area contributed by atoms with Crippen molar-refractivity contribution in [3.63, 3.8) is 0 Å². The van der Waals surface area contributed by atoms with Crippen LogP contribution in [0.5, 0.6) is 0 Å². The molecule has 0 heterocycles. The number of hydrogen-bond donors (Lipinski definition) is 0. The van der Waals surface area contributed by atoms with Crippen LogP contribution in [-0.4, -0.2) is 30.6 Å². The summed E-state index contributed by atoms with van der Waals surface area (Å²) < 4.78 is 1.15. The molecule has 0 amide bonds. The van der Waals surface area contributed by atoms with Crippen molar-refractivity contribution in [3.05, 3.63) is 35.4 Å². The van der Waals surface area contributed by atoms with Crippen LogP contribution in [0.25, 0.3) is 0 Å². The SMILES string of the molecule is CCCCCCCCCCCCCCCC[N+](C)(C)C(CCC)(CCC)c1ccccc1CCC.[OH-]. The number of aryl methyl sites for hydroxylation is 1. The van der Waals surface area contributed by atoms with Crippen molar-refractivity contribution >= 4 is 0 Å². The first-order valence-corrected chi connectivity index (χ1v) is 15.9. The Morgan fingerprint density at radius 3 is 1.44 bits per heavy atom. The molecule has 0 saturated carbocycles. The van der Waals surface area contributed by atoms with Crippen LogP contribution in [0.3, 0.4) is 0 Å². The summed E-state index contributed by atoms with van der Waals surface area (Å²) in [7, 11) is 5.08. The third-order valence-electron chi connectivity index (χ3n) is 8.59. The Kier molecular flexibility index (Phi) is 20.6. The normalized spacial score (nSPS) is 12.1. The van der Waals surface area contributed by atoms with E-state index in [1.54, 1.807) is 11.1 Å². The molecule has 0 aromatic heterocycles. The molecule has 2 heteroatoms. The van der Waals surface area contributed by atoms with Crippen LogP contribution < -0.4 is 0 Å². The van der Waals surface area contributed by atoms with Crippen LogP contribution in [0.15, 0.2) is 24.3 Å². The lowest BCUT2D eigenvalue weighted by molar-refractivity contribution is -0.951. The Bertz CT molecular complexity index is 617. The zero-order valence-corrected chi connectivity index (χ0v) is 25.6. The van der Waals surface area contributed by atoms with Crippen LogP contribution in [0, 0.1) is 0 Å². The van der Waals surface area contributed by atoms with Crippen molar-refractivity contribution in [3.8, 4) is 0 Å². The first kappa shape index (κ1) is 35.1. The molecule has 0 fully saturated rings. The molecule has 1 aromatic carbocycles. The fourth-order valence-electron chi connectivity index (χ4n) is 6.53. The largest absolute Gasteiger partial charge is 0.870 e. The van der Waals surface area contributed by atoms with Crippen LogP contribution in [0.4, 0.5) is 0 Å². The second kappa shape index (κ2) is 21.1. The van der Waals surface area contributed by atoms with Gasteiger partial charge in [-0.25, -0.2) is 0 Å². The topological polar surface area (TPSA) is 30.0 Å². The molecule has 1 aromatic rings. The zero-order valence-electron chi connectivity index (χ0n) is 25.6. The summed E-state index contributed by atoms with van der Waals surface area (Å²) in [4.78, 5) is 0. The fraction of sp³-hybridized carbons (Fsp3) is 0.824.